The summed E-state index contributed by atoms with van der Waals surface area (Å²) in [6.45, 7) is 0. The van der Waals surface area contributed by atoms with Crippen molar-refractivity contribution in [2.75, 3.05) is 0 Å². The predicted octanol–water partition coefficient (Wildman–Crippen LogP) is 12.0. The fourth-order valence-corrected chi connectivity index (χ4v) is 6.08. The third-order valence-corrected chi connectivity index (χ3v) is 7.91. The van der Waals surface area contributed by atoms with Gasteiger partial charge in [-0.15, -0.1) is 0 Å². The van der Waals surface area contributed by atoms with Gasteiger partial charge in [-0.2, -0.15) is 0 Å². The molecule has 0 saturated heterocycles. The molecule has 0 saturated carbocycles. The number of hydrogen-bond acceptors (Lipinski definition) is 1. The van der Waals surface area contributed by atoms with Crippen LogP contribution in [0.2, 0.25) is 0 Å². The first-order valence-electron chi connectivity index (χ1n) is 21.0. The van der Waals surface area contributed by atoms with Crippen molar-refractivity contribution in [2.45, 2.75) is 0 Å². The summed E-state index contributed by atoms with van der Waals surface area (Å²) >= 11 is 0. The zero-order valence-corrected chi connectivity index (χ0v) is 22.3. The minimum absolute atomic E-state index is 0.0339. The molecule has 9 rings (SSSR count). The van der Waals surface area contributed by atoms with E-state index in [0.29, 0.717) is 16.5 Å². The average Bonchev–Trinajstić information content (AvgIpc) is 3.59. The van der Waals surface area contributed by atoms with Crippen molar-refractivity contribution in [3.05, 3.63) is 157 Å². The summed E-state index contributed by atoms with van der Waals surface area (Å²) in [5.41, 5.74) is 1.47. The molecule has 8 aromatic carbocycles. The second-order valence-corrected chi connectivity index (χ2v) is 10.2. The molecule has 200 valence electrons. The zero-order chi connectivity index (χ0) is 41.4. The monoisotopic (exact) mass is 561 g/mol. The van der Waals surface area contributed by atoms with E-state index in [-0.39, 0.29) is 51.1 Å². The summed E-state index contributed by atoms with van der Waals surface area (Å²) in [5, 5.41) is 5.15. The first kappa shape index (κ1) is 13.5. The molecule has 0 N–H and O–H groups in total. The minimum atomic E-state index is -0.632. The lowest BCUT2D eigenvalue weighted by Crippen LogP contribution is -1.89. The molecule has 0 fully saturated rings. The molecule has 1 heteroatoms. The smallest absolute Gasteiger partial charge is 0.143 e. The molecule has 1 heterocycles. The van der Waals surface area contributed by atoms with Gasteiger partial charge in [0.25, 0.3) is 0 Å². The number of rotatable bonds is 4. The van der Waals surface area contributed by atoms with Crippen molar-refractivity contribution in [3.63, 3.8) is 0 Å². The average molecular weight is 562 g/mol. The molecule has 0 aliphatic rings. The maximum atomic E-state index is 8.89. The van der Waals surface area contributed by atoms with Gasteiger partial charge in [0.15, 0.2) is 0 Å². The van der Waals surface area contributed by atoms with Gasteiger partial charge in [-0.25, -0.2) is 0 Å². The molecule has 0 atom stereocenters. The highest BCUT2D eigenvalue weighted by Crippen LogP contribution is 2.45. The van der Waals surface area contributed by atoms with Crippen LogP contribution in [0.1, 0.15) is 20.6 Å². The van der Waals surface area contributed by atoms with Crippen LogP contribution in [-0.4, -0.2) is 0 Å². The second kappa shape index (κ2) is 9.44. The highest BCUT2D eigenvalue weighted by atomic mass is 16.3. The van der Waals surface area contributed by atoms with E-state index in [1.807, 2.05) is 42.5 Å². The molecule has 1 nitrogen and oxygen atoms in total. The maximum Gasteiger partial charge on any atom is 0.143 e. The van der Waals surface area contributed by atoms with Crippen LogP contribution in [0.15, 0.2) is 162 Å². The topological polar surface area (TPSA) is 13.1 Å². The van der Waals surface area contributed by atoms with Crippen LogP contribution in [0.3, 0.4) is 0 Å². The molecule has 0 aliphatic heterocycles. The zero-order valence-electron chi connectivity index (χ0n) is 37.3. The van der Waals surface area contributed by atoms with Gasteiger partial charge in [0.1, 0.15) is 11.3 Å². The Labute approximate surface area is 270 Å². The van der Waals surface area contributed by atoms with Crippen molar-refractivity contribution in [1.82, 2.24) is 0 Å². The van der Waals surface area contributed by atoms with E-state index in [4.69, 9.17) is 25.0 Å². The van der Waals surface area contributed by atoms with E-state index < -0.39 is 78.6 Å². The molecule has 0 aliphatic carbocycles. The van der Waals surface area contributed by atoms with Gasteiger partial charge in [-0.05, 0) is 72.3 Å². The molecule has 9 aromatic rings. The van der Waals surface area contributed by atoms with E-state index in [9.17, 15) is 0 Å². The molecule has 0 bridgehead atoms. The Bertz CT molecular complexity index is 3210. The number of benzene rings is 8. The summed E-state index contributed by atoms with van der Waals surface area (Å²) in [4.78, 5) is 0. The van der Waals surface area contributed by atoms with Crippen molar-refractivity contribution >= 4 is 43.3 Å². The van der Waals surface area contributed by atoms with Crippen molar-refractivity contribution in [3.8, 4) is 44.7 Å². The van der Waals surface area contributed by atoms with Crippen LogP contribution >= 0.6 is 0 Å². The third-order valence-electron chi connectivity index (χ3n) is 7.91. The van der Waals surface area contributed by atoms with E-state index in [1.54, 1.807) is 24.3 Å². The Morgan fingerprint density at radius 3 is 1.53 bits per heavy atom. The van der Waals surface area contributed by atoms with Gasteiger partial charge in [0.05, 0.1) is 20.6 Å². The van der Waals surface area contributed by atoms with Gasteiger partial charge in [0.2, 0.25) is 0 Å². The lowest BCUT2D eigenvalue weighted by Gasteiger charge is -2.16. The van der Waals surface area contributed by atoms with Crippen LogP contribution in [0.4, 0.5) is 0 Å². The lowest BCUT2D eigenvalue weighted by molar-refractivity contribution is 0.632. The summed E-state index contributed by atoms with van der Waals surface area (Å²) < 4.78 is 134. The molecule has 43 heavy (non-hydrogen) atoms. The first-order valence-corrected chi connectivity index (χ1v) is 13.5. The fraction of sp³-hybridized carbons (Fsp3) is 0. The minimum Gasteiger partial charge on any atom is -0.455 e. The van der Waals surface area contributed by atoms with Crippen molar-refractivity contribution in [1.29, 1.82) is 0 Å². The van der Waals surface area contributed by atoms with Gasteiger partial charge in [-0.1, -0.05) is 145 Å². The molecule has 0 unspecified atom stereocenters. The van der Waals surface area contributed by atoms with E-state index in [2.05, 4.69) is 0 Å². The number of hydrogen-bond donors (Lipinski definition) is 0. The van der Waals surface area contributed by atoms with E-state index in [0.717, 1.165) is 32.5 Å². The predicted molar refractivity (Wildman–Crippen MR) is 182 cm³/mol. The molecule has 0 spiro atoms. The Morgan fingerprint density at radius 1 is 0.419 bits per heavy atom. The quantitative estimate of drug-likeness (QED) is 0.195. The maximum absolute atomic E-state index is 8.89. The van der Waals surface area contributed by atoms with Gasteiger partial charge in [0, 0.05) is 16.5 Å². The second-order valence-electron chi connectivity index (χ2n) is 10.2. The Morgan fingerprint density at radius 2 is 0.930 bits per heavy atom. The van der Waals surface area contributed by atoms with E-state index >= 15 is 0 Å². The SMILES string of the molecule is [2H]c1c([2H])c([2H])c(-c2oc3ccc(-c4ccc5ccc6c(-c7c([2H])c([2H])c([2H])c([2H])c7[2H])ccc7ccc4c5c76)cc3c2-c2c([2H])c([2H])c([2H])c([2H])c2[2H])c([2H])c1[2H]. The van der Waals surface area contributed by atoms with Crippen molar-refractivity contribution in [2.24, 2.45) is 0 Å². The standard InChI is InChI=1S/C42H26O/c1-4-10-27(11-5-1)33-21-16-29-19-24-36-34(22-17-30-18-23-35(33)39(29)40(30)36)32-20-25-38-37(26-32)41(28-12-6-2-7-13-28)42(43-38)31-14-8-3-9-15-31/h1-26H/i1D,2D,3D,4D,5D,6D,7D,8D,9D,10D,11D,12D,13D,14D,15D. The van der Waals surface area contributed by atoms with Crippen LogP contribution in [-0.2, 0) is 0 Å². The molecular formula is C42H26O. The van der Waals surface area contributed by atoms with Gasteiger partial charge < -0.3 is 4.42 Å². The Hall–Kier alpha value is -5.66. The molecule has 0 amide bonds. The van der Waals surface area contributed by atoms with Crippen molar-refractivity contribution < 1.29 is 25.0 Å². The number of furan rings is 1. The van der Waals surface area contributed by atoms with E-state index in [1.165, 1.54) is 0 Å². The number of fused-ring (bicyclic) bond motifs is 1. The fourth-order valence-electron chi connectivity index (χ4n) is 6.08. The Kier molecular flexibility index (Phi) is 2.97. The van der Waals surface area contributed by atoms with Crippen LogP contribution in [0.25, 0.3) is 88.0 Å². The lowest BCUT2D eigenvalue weighted by atomic mass is 9.87. The third kappa shape index (κ3) is 3.72. The highest BCUT2D eigenvalue weighted by molar-refractivity contribution is 6.27. The molecule has 0 radical (unpaired) electrons. The van der Waals surface area contributed by atoms with Crippen LogP contribution < -0.4 is 0 Å². The Balaban J connectivity index is 1.35. The largest absolute Gasteiger partial charge is 0.455 e. The van der Waals surface area contributed by atoms with Gasteiger partial charge in [-0.3, -0.25) is 0 Å². The van der Waals surface area contributed by atoms with Crippen LogP contribution in [0, 0.1) is 0 Å². The summed E-state index contributed by atoms with van der Waals surface area (Å²) in [5.74, 6) is -0.252. The molecule has 1 aromatic heterocycles. The molecular weight excluding hydrogens is 520 g/mol. The first-order chi connectivity index (χ1) is 27.5. The van der Waals surface area contributed by atoms with Crippen LogP contribution in [0.5, 0.6) is 0 Å². The summed E-state index contributed by atoms with van der Waals surface area (Å²) in [7, 11) is 0. The normalized spacial score (nSPS) is 16.6. The summed E-state index contributed by atoms with van der Waals surface area (Å²) in [6, 6.07) is 12.2. The summed E-state index contributed by atoms with van der Waals surface area (Å²) in [6.07, 6.45) is 0. The highest BCUT2D eigenvalue weighted by Gasteiger charge is 2.20. The van der Waals surface area contributed by atoms with Gasteiger partial charge >= 0.3 is 0 Å².